The standard InChI is InChI=1S/C14H30N4O/c1-3-5-8-16-14(19)18-11-9-17(10-12-18)13(4-2)6-7-15/h13H,3-12,15H2,1-2H3,(H,16,19). The van der Waals surface area contributed by atoms with Gasteiger partial charge < -0.3 is 16.0 Å². The quantitative estimate of drug-likeness (QED) is 0.684. The first kappa shape index (κ1) is 16.2. The van der Waals surface area contributed by atoms with Crippen LogP contribution in [0.15, 0.2) is 0 Å². The van der Waals surface area contributed by atoms with Crippen molar-refractivity contribution in [3.8, 4) is 0 Å². The first-order valence-corrected chi connectivity index (χ1v) is 7.69. The Morgan fingerprint density at radius 3 is 2.47 bits per heavy atom. The fourth-order valence-corrected chi connectivity index (χ4v) is 2.61. The van der Waals surface area contributed by atoms with E-state index < -0.39 is 0 Å². The average Bonchev–Trinajstić information content (AvgIpc) is 2.45. The van der Waals surface area contributed by atoms with Gasteiger partial charge in [-0.05, 0) is 25.8 Å². The van der Waals surface area contributed by atoms with E-state index in [0.717, 1.165) is 65.0 Å². The van der Waals surface area contributed by atoms with Crippen LogP contribution in [0.25, 0.3) is 0 Å². The third kappa shape index (κ3) is 5.37. The Balaban J connectivity index is 2.29. The molecule has 1 saturated heterocycles. The monoisotopic (exact) mass is 270 g/mol. The van der Waals surface area contributed by atoms with Gasteiger partial charge in [0, 0.05) is 38.8 Å². The van der Waals surface area contributed by atoms with Gasteiger partial charge in [-0.1, -0.05) is 20.3 Å². The van der Waals surface area contributed by atoms with Gasteiger partial charge in [-0.15, -0.1) is 0 Å². The number of nitrogens with zero attached hydrogens (tertiary/aromatic N) is 2. The molecule has 1 rings (SSSR count). The van der Waals surface area contributed by atoms with Crippen LogP contribution in [0.2, 0.25) is 0 Å². The highest BCUT2D eigenvalue weighted by atomic mass is 16.2. The Labute approximate surface area is 117 Å². The topological polar surface area (TPSA) is 61.6 Å². The number of carbonyl (C=O) groups excluding carboxylic acids is 1. The fraction of sp³-hybridized carbons (Fsp3) is 0.929. The minimum Gasteiger partial charge on any atom is -0.338 e. The molecule has 1 aliphatic rings. The van der Waals surface area contributed by atoms with Crippen molar-refractivity contribution in [1.29, 1.82) is 0 Å². The third-order valence-electron chi connectivity index (χ3n) is 3.90. The number of nitrogens with one attached hydrogen (secondary N) is 1. The highest BCUT2D eigenvalue weighted by Gasteiger charge is 2.24. The molecule has 1 atom stereocenters. The highest BCUT2D eigenvalue weighted by molar-refractivity contribution is 5.74. The van der Waals surface area contributed by atoms with E-state index in [2.05, 4.69) is 24.1 Å². The predicted molar refractivity (Wildman–Crippen MR) is 79.2 cm³/mol. The molecule has 19 heavy (non-hydrogen) atoms. The van der Waals surface area contributed by atoms with Crippen molar-refractivity contribution >= 4 is 6.03 Å². The number of hydrogen-bond donors (Lipinski definition) is 2. The lowest BCUT2D eigenvalue weighted by Crippen LogP contribution is -2.54. The number of unbranched alkanes of at least 4 members (excludes halogenated alkanes) is 1. The number of nitrogens with two attached hydrogens (primary N) is 1. The van der Waals surface area contributed by atoms with Crippen molar-refractivity contribution in [2.45, 2.75) is 45.6 Å². The van der Waals surface area contributed by atoms with Crippen molar-refractivity contribution in [1.82, 2.24) is 15.1 Å². The molecule has 3 N–H and O–H groups in total. The van der Waals surface area contributed by atoms with Crippen LogP contribution in [0.4, 0.5) is 4.79 Å². The van der Waals surface area contributed by atoms with Crippen LogP contribution in [-0.2, 0) is 0 Å². The summed E-state index contributed by atoms with van der Waals surface area (Å²) in [7, 11) is 0. The second-order valence-electron chi connectivity index (χ2n) is 5.25. The second-order valence-corrected chi connectivity index (χ2v) is 5.25. The van der Waals surface area contributed by atoms with Crippen LogP contribution in [-0.4, -0.2) is 61.1 Å². The Kier molecular flexibility index (Phi) is 7.82. The van der Waals surface area contributed by atoms with E-state index in [9.17, 15) is 4.79 Å². The lowest BCUT2D eigenvalue weighted by Gasteiger charge is -2.39. The Morgan fingerprint density at radius 1 is 1.26 bits per heavy atom. The van der Waals surface area contributed by atoms with Gasteiger partial charge in [-0.3, -0.25) is 4.90 Å². The van der Waals surface area contributed by atoms with Crippen molar-refractivity contribution in [3.05, 3.63) is 0 Å². The summed E-state index contributed by atoms with van der Waals surface area (Å²) in [5.41, 5.74) is 5.65. The summed E-state index contributed by atoms with van der Waals surface area (Å²) in [5.74, 6) is 0. The lowest BCUT2D eigenvalue weighted by atomic mass is 10.1. The number of rotatable bonds is 7. The third-order valence-corrected chi connectivity index (χ3v) is 3.90. The lowest BCUT2D eigenvalue weighted by molar-refractivity contribution is 0.103. The van der Waals surface area contributed by atoms with E-state index in [-0.39, 0.29) is 6.03 Å². The number of amides is 2. The first-order chi connectivity index (χ1) is 9.22. The molecule has 1 fully saturated rings. The van der Waals surface area contributed by atoms with Crippen LogP contribution in [0.1, 0.15) is 39.5 Å². The molecule has 5 nitrogen and oxygen atoms in total. The molecule has 0 saturated carbocycles. The van der Waals surface area contributed by atoms with E-state index in [1.807, 2.05) is 4.90 Å². The maximum absolute atomic E-state index is 11.9. The van der Waals surface area contributed by atoms with E-state index in [0.29, 0.717) is 6.04 Å². The summed E-state index contributed by atoms with van der Waals surface area (Å²) in [5, 5.41) is 2.98. The fourth-order valence-electron chi connectivity index (χ4n) is 2.61. The van der Waals surface area contributed by atoms with Crippen LogP contribution < -0.4 is 11.1 Å². The molecule has 0 aromatic rings. The van der Waals surface area contributed by atoms with Crippen molar-refractivity contribution in [2.75, 3.05) is 39.3 Å². The summed E-state index contributed by atoms with van der Waals surface area (Å²) in [6.45, 7) is 9.49. The van der Waals surface area contributed by atoms with Gasteiger partial charge in [0.25, 0.3) is 0 Å². The van der Waals surface area contributed by atoms with Crippen LogP contribution in [0, 0.1) is 0 Å². The summed E-state index contributed by atoms with van der Waals surface area (Å²) < 4.78 is 0. The second kappa shape index (κ2) is 9.15. The molecule has 0 aromatic heterocycles. The molecule has 1 unspecified atom stereocenters. The molecule has 0 radical (unpaired) electrons. The molecular formula is C14H30N4O. The van der Waals surface area contributed by atoms with Crippen LogP contribution >= 0.6 is 0 Å². The molecule has 0 aromatic carbocycles. The molecule has 5 heteroatoms. The summed E-state index contributed by atoms with van der Waals surface area (Å²) in [6, 6.07) is 0.676. The molecule has 0 aliphatic carbocycles. The van der Waals surface area contributed by atoms with Crippen molar-refractivity contribution in [3.63, 3.8) is 0 Å². The summed E-state index contributed by atoms with van der Waals surface area (Å²) in [6.07, 6.45) is 4.37. The maximum atomic E-state index is 11.9. The molecule has 112 valence electrons. The SMILES string of the molecule is CCCCNC(=O)N1CCN(C(CC)CCN)CC1. The molecule has 0 bridgehead atoms. The van der Waals surface area contributed by atoms with Gasteiger partial charge in [-0.25, -0.2) is 4.79 Å². The number of carbonyl (C=O) groups is 1. The Bertz CT molecular complexity index is 252. The van der Waals surface area contributed by atoms with E-state index in [1.54, 1.807) is 0 Å². The van der Waals surface area contributed by atoms with E-state index in [1.165, 1.54) is 0 Å². The minimum absolute atomic E-state index is 0.0972. The van der Waals surface area contributed by atoms with Crippen molar-refractivity contribution in [2.24, 2.45) is 5.73 Å². The largest absolute Gasteiger partial charge is 0.338 e. The maximum Gasteiger partial charge on any atom is 0.317 e. The van der Waals surface area contributed by atoms with Gasteiger partial charge in [0.1, 0.15) is 0 Å². The van der Waals surface area contributed by atoms with E-state index >= 15 is 0 Å². The zero-order valence-corrected chi connectivity index (χ0v) is 12.5. The first-order valence-electron chi connectivity index (χ1n) is 7.69. The number of urea groups is 1. The smallest absolute Gasteiger partial charge is 0.317 e. The van der Waals surface area contributed by atoms with Crippen LogP contribution in [0.5, 0.6) is 0 Å². The number of piperazine rings is 1. The van der Waals surface area contributed by atoms with Gasteiger partial charge in [0.15, 0.2) is 0 Å². The van der Waals surface area contributed by atoms with Gasteiger partial charge in [0.2, 0.25) is 0 Å². The normalized spacial score (nSPS) is 18.4. The summed E-state index contributed by atoms with van der Waals surface area (Å²) in [4.78, 5) is 16.3. The predicted octanol–water partition coefficient (Wildman–Crippen LogP) is 1.24. The number of hydrogen-bond acceptors (Lipinski definition) is 3. The molecule has 0 spiro atoms. The Hall–Kier alpha value is -0.810. The molecule has 1 aliphatic heterocycles. The van der Waals surface area contributed by atoms with Crippen LogP contribution in [0.3, 0.4) is 0 Å². The summed E-state index contributed by atoms with van der Waals surface area (Å²) >= 11 is 0. The van der Waals surface area contributed by atoms with E-state index in [4.69, 9.17) is 5.73 Å². The zero-order valence-electron chi connectivity index (χ0n) is 12.5. The Morgan fingerprint density at radius 2 is 1.95 bits per heavy atom. The van der Waals surface area contributed by atoms with Gasteiger partial charge in [0.05, 0.1) is 0 Å². The molecule has 2 amide bonds. The highest BCUT2D eigenvalue weighted by Crippen LogP contribution is 2.12. The van der Waals surface area contributed by atoms with Crippen molar-refractivity contribution < 1.29 is 4.79 Å². The van der Waals surface area contributed by atoms with Gasteiger partial charge >= 0.3 is 6.03 Å². The van der Waals surface area contributed by atoms with Gasteiger partial charge in [-0.2, -0.15) is 0 Å². The zero-order chi connectivity index (χ0) is 14.1. The average molecular weight is 270 g/mol. The molecular weight excluding hydrogens is 240 g/mol. The minimum atomic E-state index is 0.0972. The molecule has 1 heterocycles.